The molecule has 1 heterocycles. The molecule has 1 unspecified atom stereocenters. The SMILES string of the molecule is Cl.NC(C(=O)N1CCCN(C(=O)c2ccc(F)cc2)CC1)c1ccccc1. The maximum Gasteiger partial charge on any atom is 0.253 e. The van der Waals surface area contributed by atoms with Crippen molar-refractivity contribution in [3.63, 3.8) is 0 Å². The molecule has 2 aromatic carbocycles. The van der Waals surface area contributed by atoms with E-state index in [4.69, 9.17) is 5.73 Å². The molecule has 7 heteroatoms. The lowest BCUT2D eigenvalue weighted by molar-refractivity contribution is -0.132. The zero-order chi connectivity index (χ0) is 18.5. The number of benzene rings is 2. The third-order valence-corrected chi connectivity index (χ3v) is 4.61. The fourth-order valence-electron chi connectivity index (χ4n) is 3.12. The molecule has 0 bridgehead atoms. The van der Waals surface area contributed by atoms with Gasteiger partial charge in [-0.2, -0.15) is 0 Å². The highest BCUT2D eigenvalue weighted by atomic mass is 35.5. The maximum absolute atomic E-state index is 13.0. The Balaban J connectivity index is 0.00000261. The van der Waals surface area contributed by atoms with Crippen molar-refractivity contribution in [2.75, 3.05) is 26.2 Å². The maximum atomic E-state index is 13.0. The average molecular weight is 392 g/mol. The van der Waals surface area contributed by atoms with Gasteiger partial charge in [-0.25, -0.2) is 4.39 Å². The van der Waals surface area contributed by atoms with E-state index in [-0.39, 0.29) is 30.0 Å². The van der Waals surface area contributed by atoms with E-state index in [9.17, 15) is 14.0 Å². The van der Waals surface area contributed by atoms with E-state index < -0.39 is 6.04 Å². The van der Waals surface area contributed by atoms with Crippen molar-refractivity contribution in [3.05, 3.63) is 71.5 Å². The Bertz CT molecular complexity index is 771. The minimum atomic E-state index is -0.699. The minimum Gasteiger partial charge on any atom is -0.339 e. The van der Waals surface area contributed by atoms with E-state index in [0.717, 1.165) is 5.56 Å². The molecule has 144 valence electrons. The molecule has 0 radical (unpaired) electrons. The topological polar surface area (TPSA) is 66.6 Å². The van der Waals surface area contributed by atoms with Crippen LogP contribution in [0.4, 0.5) is 4.39 Å². The molecule has 1 aliphatic rings. The van der Waals surface area contributed by atoms with Crippen LogP contribution in [0.2, 0.25) is 0 Å². The number of hydrogen-bond acceptors (Lipinski definition) is 3. The van der Waals surface area contributed by atoms with Crippen LogP contribution in [0.25, 0.3) is 0 Å². The highest BCUT2D eigenvalue weighted by molar-refractivity contribution is 5.94. The van der Waals surface area contributed by atoms with Gasteiger partial charge in [-0.05, 0) is 36.2 Å². The second kappa shape index (κ2) is 9.48. The summed E-state index contributed by atoms with van der Waals surface area (Å²) >= 11 is 0. The number of carbonyl (C=O) groups is 2. The largest absolute Gasteiger partial charge is 0.339 e. The van der Waals surface area contributed by atoms with Crippen LogP contribution in [0.15, 0.2) is 54.6 Å². The van der Waals surface area contributed by atoms with Gasteiger partial charge in [-0.1, -0.05) is 30.3 Å². The highest BCUT2D eigenvalue weighted by Crippen LogP contribution is 2.16. The number of halogens is 2. The number of rotatable bonds is 3. The molecule has 5 nitrogen and oxygen atoms in total. The molecule has 2 aromatic rings. The molecule has 2 N–H and O–H groups in total. The summed E-state index contributed by atoms with van der Waals surface area (Å²) in [7, 11) is 0. The lowest BCUT2D eigenvalue weighted by atomic mass is 10.1. The average Bonchev–Trinajstić information content (AvgIpc) is 2.94. The van der Waals surface area contributed by atoms with Gasteiger partial charge < -0.3 is 15.5 Å². The van der Waals surface area contributed by atoms with Crippen LogP contribution in [-0.2, 0) is 4.79 Å². The van der Waals surface area contributed by atoms with Crippen LogP contribution in [0.1, 0.15) is 28.4 Å². The predicted octanol–water partition coefficient (Wildman–Crippen LogP) is 2.62. The van der Waals surface area contributed by atoms with E-state index in [2.05, 4.69) is 0 Å². The summed E-state index contributed by atoms with van der Waals surface area (Å²) in [6.45, 7) is 1.99. The molecule has 1 fully saturated rings. The van der Waals surface area contributed by atoms with Crippen molar-refractivity contribution in [2.45, 2.75) is 12.5 Å². The molecule has 3 rings (SSSR count). The Labute approximate surface area is 164 Å². The normalized spacial score (nSPS) is 15.5. The van der Waals surface area contributed by atoms with Gasteiger partial charge in [0.05, 0.1) is 0 Å². The molecule has 0 aliphatic carbocycles. The fourth-order valence-corrected chi connectivity index (χ4v) is 3.12. The van der Waals surface area contributed by atoms with Crippen LogP contribution >= 0.6 is 12.4 Å². The molecule has 1 aliphatic heterocycles. The van der Waals surface area contributed by atoms with Gasteiger partial charge >= 0.3 is 0 Å². The Morgan fingerprint density at radius 2 is 1.48 bits per heavy atom. The van der Waals surface area contributed by atoms with E-state index in [0.29, 0.717) is 38.2 Å². The Kier molecular flexibility index (Phi) is 7.33. The smallest absolute Gasteiger partial charge is 0.253 e. The van der Waals surface area contributed by atoms with Crippen LogP contribution in [0, 0.1) is 5.82 Å². The Hall–Kier alpha value is -2.44. The van der Waals surface area contributed by atoms with Crippen molar-refractivity contribution in [1.82, 2.24) is 9.80 Å². The van der Waals surface area contributed by atoms with Crippen LogP contribution in [-0.4, -0.2) is 47.8 Å². The zero-order valence-electron chi connectivity index (χ0n) is 14.9. The lowest BCUT2D eigenvalue weighted by Crippen LogP contribution is -2.41. The molecule has 1 atom stereocenters. The van der Waals surface area contributed by atoms with Crippen LogP contribution < -0.4 is 5.73 Å². The number of hydrogen-bond donors (Lipinski definition) is 1. The molecule has 0 spiro atoms. The quantitative estimate of drug-likeness (QED) is 0.874. The first-order valence-corrected chi connectivity index (χ1v) is 8.70. The lowest BCUT2D eigenvalue weighted by Gasteiger charge is -2.25. The van der Waals surface area contributed by atoms with Gasteiger partial charge in [0.2, 0.25) is 5.91 Å². The van der Waals surface area contributed by atoms with Gasteiger partial charge in [0, 0.05) is 31.7 Å². The van der Waals surface area contributed by atoms with Gasteiger partial charge in [0.1, 0.15) is 11.9 Å². The van der Waals surface area contributed by atoms with Crippen molar-refractivity contribution >= 4 is 24.2 Å². The molecular formula is C20H23ClFN3O2. The monoisotopic (exact) mass is 391 g/mol. The van der Waals surface area contributed by atoms with E-state index in [1.54, 1.807) is 9.80 Å². The summed E-state index contributed by atoms with van der Waals surface area (Å²) in [4.78, 5) is 28.7. The molecular weight excluding hydrogens is 369 g/mol. The van der Waals surface area contributed by atoms with Gasteiger partial charge in [-0.15, -0.1) is 12.4 Å². The minimum absolute atomic E-state index is 0. The summed E-state index contributed by atoms with van der Waals surface area (Å²) in [6, 6.07) is 14.1. The molecule has 2 amide bonds. The summed E-state index contributed by atoms with van der Waals surface area (Å²) in [5.41, 5.74) is 7.34. The summed E-state index contributed by atoms with van der Waals surface area (Å²) in [6.07, 6.45) is 0.681. The first kappa shape index (κ1) is 20.9. The molecule has 1 saturated heterocycles. The summed E-state index contributed by atoms with van der Waals surface area (Å²) in [5, 5.41) is 0. The van der Waals surface area contributed by atoms with Crippen molar-refractivity contribution < 1.29 is 14.0 Å². The number of carbonyl (C=O) groups excluding carboxylic acids is 2. The standard InChI is InChI=1S/C20H22FN3O2.ClH/c21-17-9-7-16(8-10-17)19(25)23-11-4-12-24(14-13-23)20(26)18(22)15-5-2-1-3-6-15;/h1-3,5-10,18H,4,11-14,22H2;1H. The van der Waals surface area contributed by atoms with Crippen LogP contribution in [0.5, 0.6) is 0 Å². The van der Waals surface area contributed by atoms with E-state index in [1.165, 1.54) is 24.3 Å². The first-order chi connectivity index (χ1) is 12.6. The first-order valence-electron chi connectivity index (χ1n) is 8.70. The second-order valence-electron chi connectivity index (χ2n) is 6.37. The molecule has 0 saturated carbocycles. The predicted molar refractivity (Wildman–Crippen MR) is 104 cm³/mol. The summed E-state index contributed by atoms with van der Waals surface area (Å²) < 4.78 is 13.0. The number of amides is 2. The van der Waals surface area contributed by atoms with Crippen molar-refractivity contribution in [1.29, 1.82) is 0 Å². The van der Waals surface area contributed by atoms with Crippen LogP contribution in [0.3, 0.4) is 0 Å². The Morgan fingerprint density at radius 3 is 2.15 bits per heavy atom. The highest BCUT2D eigenvalue weighted by Gasteiger charge is 2.26. The van der Waals surface area contributed by atoms with Crippen molar-refractivity contribution in [3.8, 4) is 0 Å². The third-order valence-electron chi connectivity index (χ3n) is 4.61. The van der Waals surface area contributed by atoms with Gasteiger partial charge in [0.25, 0.3) is 5.91 Å². The van der Waals surface area contributed by atoms with Gasteiger partial charge in [-0.3, -0.25) is 9.59 Å². The third kappa shape index (κ3) is 5.05. The zero-order valence-corrected chi connectivity index (χ0v) is 15.7. The second-order valence-corrected chi connectivity index (χ2v) is 6.37. The number of nitrogens with two attached hydrogens (primary N) is 1. The van der Waals surface area contributed by atoms with E-state index >= 15 is 0 Å². The fraction of sp³-hybridized carbons (Fsp3) is 0.300. The van der Waals surface area contributed by atoms with Gasteiger partial charge in [0.15, 0.2) is 0 Å². The summed E-state index contributed by atoms with van der Waals surface area (Å²) in [5.74, 6) is -0.650. The van der Waals surface area contributed by atoms with E-state index in [1.807, 2.05) is 30.3 Å². The Morgan fingerprint density at radius 1 is 0.889 bits per heavy atom. The number of nitrogens with zero attached hydrogens (tertiary/aromatic N) is 2. The molecule has 0 aromatic heterocycles. The molecule has 27 heavy (non-hydrogen) atoms. The van der Waals surface area contributed by atoms with Crippen molar-refractivity contribution in [2.24, 2.45) is 5.73 Å².